The Bertz CT molecular complexity index is 976. The van der Waals surface area contributed by atoms with Gasteiger partial charge in [0, 0.05) is 13.0 Å². The molecule has 3 fully saturated rings. The Balaban J connectivity index is 1.85. The highest BCUT2D eigenvalue weighted by Crippen LogP contribution is 2.65. The number of ether oxygens (including phenoxy) is 1. The Morgan fingerprint density at radius 3 is 2.18 bits per heavy atom. The highest BCUT2D eigenvalue weighted by molar-refractivity contribution is 6.37. The molecule has 0 aromatic rings. The third-order valence-corrected chi connectivity index (χ3v) is 8.37. The summed E-state index contributed by atoms with van der Waals surface area (Å²) in [5.74, 6) is -3.97. The van der Waals surface area contributed by atoms with Gasteiger partial charge < -0.3 is 26.0 Å². The predicted molar refractivity (Wildman–Crippen MR) is 137 cm³/mol. The summed E-state index contributed by atoms with van der Waals surface area (Å²) in [5.41, 5.74) is 4.06. The summed E-state index contributed by atoms with van der Waals surface area (Å²) < 4.78 is 31.2. The van der Waals surface area contributed by atoms with E-state index in [9.17, 15) is 32.8 Å². The lowest BCUT2D eigenvalue weighted by Crippen LogP contribution is -2.59. The van der Waals surface area contributed by atoms with Crippen LogP contribution in [0, 0.1) is 23.2 Å². The number of carbonyl (C=O) groups is 5. The van der Waals surface area contributed by atoms with E-state index < -0.39 is 72.6 Å². The van der Waals surface area contributed by atoms with Gasteiger partial charge in [-0.2, -0.15) is 0 Å². The minimum atomic E-state index is -2.74. The summed E-state index contributed by atoms with van der Waals surface area (Å²) in [6, 6.07) is -3.41. The number of hydrogen-bond donors (Lipinski definition) is 3. The fraction of sp³-hybridized carbons (Fsp3) is 0.815. The van der Waals surface area contributed by atoms with Gasteiger partial charge in [-0.25, -0.2) is 13.6 Å². The Kier molecular flexibility index (Phi) is 9.27. The maximum Gasteiger partial charge on any atom is 0.408 e. The average molecular weight is 557 g/mol. The van der Waals surface area contributed by atoms with Crippen LogP contribution in [0.5, 0.6) is 0 Å². The van der Waals surface area contributed by atoms with Crippen molar-refractivity contribution >= 4 is 29.6 Å². The van der Waals surface area contributed by atoms with Gasteiger partial charge in [0.1, 0.15) is 17.7 Å². The van der Waals surface area contributed by atoms with Crippen molar-refractivity contribution in [3.8, 4) is 0 Å². The number of nitrogens with one attached hydrogen (secondary N) is 2. The Morgan fingerprint density at radius 2 is 1.64 bits per heavy atom. The number of rotatable bonds is 10. The third kappa shape index (κ3) is 7.25. The number of fused-ring (bicyclic) bond motifs is 1. The standard InChI is InChI=1S/C27H42F2N4O6/c1-26(2,3)39-25(38)32-19(14-9-7-6-8-10-14)24(37)33-13-15-18(27(15,4)5)20(33)23(36)31-16(11-12-17(28)29)21(34)22(30)35/h14-20H,6-13H2,1-5H3,(H2,30,35)(H,31,36)(H,32,38)/t15-,16?,18-,19-,20-/m0/s1. The molecule has 1 heterocycles. The predicted octanol–water partition coefficient (Wildman–Crippen LogP) is 2.53. The van der Waals surface area contributed by atoms with Gasteiger partial charge >= 0.3 is 6.09 Å². The van der Waals surface area contributed by atoms with Crippen molar-refractivity contribution in [2.75, 3.05) is 6.54 Å². The molecule has 2 aliphatic carbocycles. The van der Waals surface area contributed by atoms with Gasteiger partial charge in [-0.1, -0.05) is 33.1 Å². The molecular formula is C27H42F2N4O6. The molecule has 1 saturated heterocycles. The lowest BCUT2D eigenvalue weighted by atomic mass is 9.83. The second-order valence-electron chi connectivity index (χ2n) is 12.7. The number of nitrogens with two attached hydrogens (primary N) is 1. The van der Waals surface area contributed by atoms with Crippen LogP contribution in [-0.4, -0.2) is 71.2 Å². The summed E-state index contributed by atoms with van der Waals surface area (Å²) in [5, 5.41) is 5.19. The maximum atomic E-state index is 14.0. The van der Waals surface area contributed by atoms with Crippen LogP contribution in [0.2, 0.25) is 0 Å². The molecule has 220 valence electrons. The molecule has 2 saturated carbocycles. The number of amides is 4. The van der Waals surface area contributed by atoms with E-state index in [0.29, 0.717) is 0 Å². The van der Waals surface area contributed by atoms with Gasteiger partial charge in [0.05, 0.1) is 6.04 Å². The van der Waals surface area contributed by atoms with E-state index in [1.54, 1.807) is 20.8 Å². The highest BCUT2D eigenvalue weighted by atomic mass is 19.3. The summed E-state index contributed by atoms with van der Waals surface area (Å²) in [7, 11) is 0. The fourth-order valence-corrected chi connectivity index (χ4v) is 6.27. The molecule has 0 bridgehead atoms. The molecule has 3 rings (SSSR count). The number of carbonyl (C=O) groups excluding carboxylic acids is 5. The van der Waals surface area contributed by atoms with Crippen LogP contribution in [0.15, 0.2) is 0 Å². The van der Waals surface area contributed by atoms with E-state index >= 15 is 0 Å². The van der Waals surface area contributed by atoms with E-state index in [0.717, 1.165) is 32.1 Å². The molecule has 4 amide bonds. The number of hydrogen-bond acceptors (Lipinski definition) is 6. The van der Waals surface area contributed by atoms with Crippen molar-refractivity contribution < 1.29 is 37.5 Å². The van der Waals surface area contributed by atoms with Crippen LogP contribution in [0.4, 0.5) is 13.6 Å². The van der Waals surface area contributed by atoms with Gasteiger partial charge in [0.25, 0.3) is 5.91 Å². The van der Waals surface area contributed by atoms with Crippen LogP contribution in [0.3, 0.4) is 0 Å². The molecule has 0 aromatic heterocycles. The zero-order valence-electron chi connectivity index (χ0n) is 23.4. The summed E-state index contributed by atoms with van der Waals surface area (Å²) in [6.45, 7) is 9.39. The molecule has 0 spiro atoms. The zero-order valence-corrected chi connectivity index (χ0v) is 23.4. The minimum Gasteiger partial charge on any atom is -0.444 e. The van der Waals surface area contributed by atoms with E-state index in [4.69, 9.17) is 10.5 Å². The second-order valence-corrected chi connectivity index (χ2v) is 12.7. The number of alkyl halides is 2. The number of likely N-dealkylation sites (tertiary alicyclic amines) is 1. The number of piperidine rings is 1. The molecule has 4 N–H and O–H groups in total. The van der Waals surface area contributed by atoms with Crippen molar-refractivity contribution in [2.45, 2.75) is 110 Å². The van der Waals surface area contributed by atoms with Crippen molar-refractivity contribution in [1.29, 1.82) is 0 Å². The molecule has 0 aromatic carbocycles. The highest BCUT2D eigenvalue weighted by Gasteiger charge is 2.69. The van der Waals surface area contributed by atoms with Crippen LogP contribution < -0.4 is 16.4 Å². The zero-order chi connectivity index (χ0) is 29.3. The topological polar surface area (TPSA) is 148 Å². The van der Waals surface area contributed by atoms with Crippen molar-refractivity contribution in [3.63, 3.8) is 0 Å². The normalized spacial score (nSPS) is 25.8. The van der Waals surface area contributed by atoms with Gasteiger partial charge in [0.2, 0.25) is 24.0 Å². The number of primary amides is 1. The van der Waals surface area contributed by atoms with Crippen molar-refractivity contribution in [1.82, 2.24) is 15.5 Å². The molecule has 1 aliphatic heterocycles. The molecule has 5 atom stereocenters. The van der Waals surface area contributed by atoms with Crippen LogP contribution in [0.25, 0.3) is 0 Å². The Hall–Kier alpha value is -2.79. The molecule has 0 radical (unpaired) electrons. The average Bonchev–Trinajstić information content (AvgIpc) is 3.16. The first kappa shape index (κ1) is 30.7. The first-order valence-electron chi connectivity index (χ1n) is 13.8. The Morgan fingerprint density at radius 1 is 1.03 bits per heavy atom. The van der Waals surface area contributed by atoms with E-state index in [1.165, 1.54) is 4.90 Å². The third-order valence-electron chi connectivity index (χ3n) is 8.37. The fourth-order valence-electron chi connectivity index (χ4n) is 6.27. The van der Waals surface area contributed by atoms with E-state index in [-0.39, 0.29) is 29.7 Å². The van der Waals surface area contributed by atoms with E-state index in [1.807, 2.05) is 13.8 Å². The molecule has 12 heteroatoms. The quantitative estimate of drug-likeness (QED) is 0.352. The molecule has 3 aliphatic rings. The van der Waals surface area contributed by atoms with E-state index in [2.05, 4.69) is 10.6 Å². The molecular weight excluding hydrogens is 514 g/mol. The first-order chi connectivity index (χ1) is 18.0. The summed E-state index contributed by atoms with van der Waals surface area (Å²) in [6.07, 6.45) is -0.317. The maximum absolute atomic E-state index is 14.0. The number of nitrogens with zero attached hydrogens (tertiary/aromatic N) is 1. The smallest absolute Gasteiger partial charge is 0.408 e. The van der Waals surface area contributed by atoms with Crippen molar-refractivity contribution in [3.05, 3.63) is 0 Å². The summed E-state index contributed by atoms with van der Waals surface area (Å²) >= 11 is 0. The second kappa shape index (κ2) is 11.8. The van der Waals surface area contributed by atoms with Gasteiger partial charge in [-0.05, 0) is 63.2 Å². The lowest BCUT2D eigenvalue weighted by Gasteiger charge is -2.37. The first-order valence-corrected chi connectivity index (χ1v) is 13.8. The molecule has 39 heavy (non-hydrogen) atoms. The largest absolute Gasteiger partial charge is 0.444 e. The van der Waals surface area contributed by atoms with Crippen LogP contribution in [-0.2, 0) is 23.9 Å². The number of halogens is 2. The molecule has 1 unspecified atom stereocenters. The minimum absolute atomic E-state index is 0.0112. The van der Waals surface area contributed by atoms with Crippen LogP contribution in [0.1, 0.15) is 79.6 Å². The number of alkyl carbamates (subject to hydrolysis) is 1. The van der Waals surface area contributed by atoms with Gasteiger partial charge in [-0.3, -0.25) is 19.2 Å². The van der Waals surface area contributed by atoms with Crippen LogP contribution >= 0.6 is 0 Å². The SMILES string of the molecule is CC(C)(C)OC(=O)N[C@H](C(=O)N1C[C@H]2[C@@H]([C@H]1C(=O)NC(CCC(F)F)C(=O)C(N)=O)C2(C)C)C1CCCCC1. The van der Waals surface area contributed by atoms with Crippen molar-refractivity contribution in [2.24, 2.45) is 28.9 Å². The number of ketones is 1. The molecule has 10 nitrogen and oxygen atoms in total. The Labute approximate surface area is 228 Å². The number of Topliss-reactive ketones (excluding diaryl/α,β-unsaturated/α-hetero) is 1. The summed E-state index contributed by atoms with van der Waals surface area (Å²) in [4.78, 5) is 65.6. The monoisotopic (exact) mass is 556 g/mol. The lowest BCUT2D eigenvalue weighted by molar-refractivity contribution is -0.144. The van der Waals surface area contributed by atoms with Gasteiger partial charge in [-0.15, -0.1) is 0 Å². The van der Waals surface area contributed by atoms with Gasteiger partial charge in [0.15, 0.2) is 0 Å².